The van der Waals surface area contributed by atoms with E-state index in [1.54, 1.807) is 11.3 Å². The van der Waals surface area contributed by atoms with E-state index in [9.17, 15) is 0 Å². The molecule has 6 nitrogen and oxygen atoms in total. The molecule has 160 valence electrons. The molecular formula is C23H31N5OS. The van der Waals surface area contributed by atoms with Gasteiger partial charge in [-0.15, -0.1) is 11.3 Å². The lowest BCUT2D eigenvalue weighted by Gasteiger charge is -2.26. The first-order chi connectivity index (χ1) is 14.5. The fourth-order valence-electron chi connectivity index (χ4n) is 3.88. The van der Waals surface area contributed by atoms with Crippen molar-refractivity contribution >= 4 is 27.4 Å². The maximum atomic E-state index is 5.49. The normalized spacial score (nSPS) is 16.3. The highest BCUT2D eigenvalue weighted by atomic mass is 32.1. The van der Waals surface area contributed by atoms with Gasteiger partial charge in [-0.3, -0.25) is 4.90 Å². The van der Waals surface area contributed by atoms with Gasteiger partial charge in [0.1, 0.15) is 16.5 Å². The number of aryl methyl sites for hydroxylation is 2. The maximum Gasteiger partial charge on any atom is 0.146 e. The summed E-state index contributed by atoms with van der Waals surface area (Å²) in [5, 5.41) is 4.93. The fraction of sp³-hybridized carbons (Fsp3) is 0.478. The van der Waals surface area contributed by atoms with Gasteiger partial charge in [-0.1, -0.05) is 30.3 Å². The minimum absolute atomic E-state index is 0.148. The number of hydrogen-bond donors (Lipinski definition) is 1. The number of fused-ring (bicyclic) bond motifs is 1. The smallest absolute Gasteiger partial charge is 0.146 e. The molecule has 3 aromatic rings. The summed E-state index contributed by atoms with van der Waals surface area (Å²) in [5.74, 6) is 1.82. The average Bonchev–Trinajstić information content (AvgIpc) is 3.02. The highest BCUT2D eigenvalue weighted by Crippen LogP contribution is 2.35. The molecule has 1 saturated heterocycles. The van der Waals surface area contributed by atoms with Gasteiger partial charge in [-0.25, -0.2) is 9.97 Å². The second-order valence-corrected chi connectivity index (χ2v) is 9.41. The molecule has 1 aliphatic heterocycles. The number of rotatable bonds is 7. The van der Waals surface area contributed by atoms with Crippen molar-refractivity contribution < 1.29 is 4.74 Å². The number of nitrogens with zero attached hydrogens (tertiary/aromatic N) is 4. The van der Waals surface area contributed by atoms with Crippen molar-refractivity contribution in [1.82, 2.24) is 19.8 Å². The Morgan fingerprint density at radius 1 is 1.13 bits per heavy atom. The van der Waals surface area contributed by atoms with Crippen LogP contribution in [-0.4, -0.2) is 66.7 Å². The van der Waals surface area contributed by atoms with Crippen molar-refractivity contribution in [2.45, 2.75) is 26.4 Å². The van der Waals surface area contributed by atoms with Crippen molar-refractivity contribution in [3.63, 3.8) is 0 Å². The SMILES string of the molecule is Cc1sc2nc(CN3CCOCC3)nc(N[C@@H](CN(C)C)c3ccccc3)c2c1C. The molecule has 0 amide bonds. The van der Waals surface area contributed by atoms with Gasteiger partial charge in [0.15, 0.2) is 0 Å². The Balaban J connectivity index is 1.71. The largest absolute Gasteiger partial charge is 0.379 e. The van der Waals surface area contributed by atoms with Crippen LogP contribution in [0.15, 0.2) is 30.3 Å². The Hall–Kier alpha value is -2.06. The number of nitrogens with one attached hydrogen (secondary N) is 1. The van der Waals surface area contributed by atoms with Gasteiger partial charge in [0.2, 0.25) is 0 Å². The molecule has 1 aliphatic rings. The molecule has 0 radical (unpaired) electrons. The fourth-order valence-corrected chi connectivity index (χ4v) is 4.93. The molecule has 0 spiro atoms. The zero-order valence-corrected chi connectivity index (χ0v) is 19.1. The van der Waals surface area contributed by atoms with Gasteiger partial charge in [-0.05, 0) is 39.1 Å². The van der Waals surface area contributed by atoms with E-state index in [-0.39, 0.29) is 6.04 Å². The third-order valence-electron chi connectivity index (χ3n) is 5.60. The standard InChI is InChI=1S/C23H31N5OS/c1-16-17(2)30-23-21(16)22(25-20(26-23)15-28-10-12-29-13-11-28)24-19(14-27(3)4)18-8-6-5-7-9-18/h5-9,19H,10-15H2,1-4H3,(H,24,25,26)/t19-/m0/s1. The van der Waals surface area contributed by atoms with Crippen LogP contribution in [0.5, 0.6) is 0 Å². The quantitative estimate of drug-likeness (QED) is 0.620. The molecule has 0 saturated carbocycles. The number of thiophene rings is 1. The van der Waals surface area contributed by atoms with Crippen molar-refractivity contribution in [2.24, 2.45) is 0 Å². The van der Waals surface area contributed by atoms with Crippen LogP contribution in [0.1, 0.15) is 27.9 Å². The molecule has 3 heterocycles. The summed E-state index contributed by atoms with van der Waals surface area (Å²) in [6.45, 7) is 9.41. The van der Waals surface area contributed by atoms with Gasteiger partial charge in [0.25, 0.3) is 0 Å². The summed E-state index contributed by atoms with van der Waals surface area (Å²) in [7, 11) is 4.22. The predicted molar refractivity (Wildman–Crippen MR) is 124 cm³/mol. The summed E-state index contributed by atoms with van der Waals surface area (Å²) in [6, 6.07) is 10.8. The summed E-state index contributed by atoms with van der Waals surface area (Å²) in [6.07, 6.45) is 0. The van der Waals surface area contributed by atoms with Gasteiger partial charge in [-0.2, -0.15) is 0 Å². The molecule has 0 bridgehead atoms. The number of ether oxygens (including phenoxy) is 1. The van der Waals surface area contributed by atoms with Crippen LogP contribution in [0.3, 0.4) is 0 Å². The van der Waals surface area contributed by atoms with Gasteiger partial charge >= 0.3 is 0 Å². The van der Waals surface area contributed by atoms with Crippen LogP contribution in [0, 0.1) is 13.8 Å². The zero-order valence-electron chi connectivity index (χ0n) is 18.3. The monoisotopic (exact) mass is 425 g/mol. The molecule has 7 heteroatoms. The van der Waals surface area contributed by atoms with E-state index in [1.807, 2.05) is 0 Å². The van der Waals surface area contributed by atoms with E-state index in [1.165, 1.54) is 16.0 Å². The highest BCUT2D eigenvalue weighted by Gasteiger charge is 2.20. The molecule has 1 fully saturated rings. The first-order valence-electron chi connectivity index (χ1n) is 10.5. The second kappa shape index (κ2) is 9.39. The van der Waals surface area contributed by atoms with Gasteiger partial charge in [0, 0.05) is 24.5 Å². The van der Waals surface area contributed by atoms with E-state index in [4.69, 9.17) is 14.7 Å². The second-order valence-electron chi connectivity index (χ2n) is 8.21. The van der Waals surface area contributed by atoms with E-state index in [0.717, 1.165) is 61.3 Å². The summed E-state index contributed by atoms with van der Waals surface area (Å²) in [4.78, 5) is 16.9. The van der Waals surface area contributed by atoms with E-state index in [2.05, 4.69) is 73.4 Å². The number of anilines is 1. The van der Waals surface area contributed by atoms with Crippen molar-refractivity contribution in [2.75, 3.05) is 52.3 Å². The number of likely N-dealkylation sites (N-methyl/N-ethyl adjacent to an activating group) is 1. The third kappa shape index (κ3) is 4.81. The Kier molecular flexibility index (Phi) is 6.63. The summed E-state index contributed by atoms with van der Waals surface area (Å²) in [5.41, 5.74) is 2.53. The third-order valence-corrected chi connectivity index (χ3v) is 6.71. The topological polar surface area (TPSA) is 53.5 Å². The van der Waals surface area contributed by atoms with E-state index >= 15 is 0 Å². The summed E-state index contributed by atoms with van der Waals surface area (Å²) >= 11 is 1.76. The molecule has 0 unspecified atom stereocenters. The van der Waals surface area contributed by atoms with E-state index < -0.39 is 0 Å². The molecule has 4 rings (SSSR count). The van der Waals surface area contributed by atoms with Gasteiger partial charge in [0.05, 0.1) is 31.2 Å². The van der Waals surface area contributed by atoms with E-state index in [0.29, 0.717) is 0 Å². The van der Waals surface area contributed by atoms with Crippen molar-refractivity contribution in [1.29, 1.82) is 0 Å². The zero-order chi connectivity index (χ0) is 21.1. The van der Waals surface area contributed by atoms with Crippen LogP contribution in [0.25, 0.3) is 10.2 Å². The Labute approximate surface area is 182 Å². The minimum atomic E-state index is 0.148. The molecule has 1 atom stereocenters. The number of hydrogen-bond acceptors (Lipinski definition) is 7. The molecule has 0 aliphatic carbocycles. The molecule has 2 aromatic heterocycles. The Morgan fingerprint density at radius 3 is 2.57 bits per heavy atom. The predicted octanol–water partition coefficient (Wildman–Crippen LogP) is 3.86. The number of benzene rings is 1. The number of morpholine rings is 1. The maximum absolute atomic E-state index is 5.49. The van der Waals surface area contributed by atoms with Crippen LogP contribution in [0.2, 0.25) is 0 Å². The minimum Gasteiger partial charge on any atom is -0.379 e. The highest BCUT2D eigenvalue weighted by molar-refractivity contribution is 7.18. The number of aromatic nitrogens is 2. The molecule has 30 heavy (non-hydrogen) atoms. The Bertz CT molecular complexity index is 982. The molecule has 1 N–H and O–H groups in total. The van der Waals surface area contributed by atoms with Crippen LogP contribution >= 0.6 is 11.3 Å². The first kappa shape index (κ1) is 21.2. The van der Waals surface area contributed by atoms with Crippen molar-refractivity contribution in [3.8, 4) is 0 Å². The van der Waals surface area contributed by atoms with Crippen LogP contribution < -0.4 is 5.32 Å². The lowest BCUT2D eigenvalue weighted by atomic mass is 10.1. The average molecular weight is 426 g/mol. The lowest BCUT2D eigenvalue weighted by Crippen LogP contribution is -2.36. The lowest BCUT2D eigenvalue weighted by molar-refractivity contribution is 0.0331. The van der Waals surface area contributed by atoms with Crippen LogP contribution in [-0.2, 0) is 11.3 Å². The van der Waals surface area contributed by atoms with Gasteiger partial charge < -0.3 is 15.0 Å². The Morgan fingerprint density at radius 2 is 1.87 bits per heavy atom. The molecule has 1 aromatic carbocycles. The van der Waals surface area contributed by atoms with Crippen LogP contribution in [0.4, 0.5) is 5.82 Å². The first-order valence-corrected chi connectivity index (χ1v) is 11.4. The van der Waals surface area contributed by atoms with Crippen molar-refractivity contribution in [3.05, 3.63) is 52.2 Å². The molecular weight excluding hydrogens is 394 g/mol. The summed E-state index contributed by atoms with van der Waals surface area (Å²) < 4.78 is 5.49.